The summed E-state index contributed by atoms with van der Waals surface area (Å²) in [5.41, 5.74) is 7.32. The molecule has 2 aromatic rings. The van der Waals surface area contributed by atoms with Crippen LogP contribution < -0.4 is 5.73 Å². The summed E-state index contributed by atoms with van der Waals surface area (Å²) in [6.45, 7) is 2.30. The summed E-state index contributed by atoms with van der Waals surface area (Å²) in [4.78, 5) is 4.70. The van der Waals surface area contributed by atoms with Gasteiger partial charge >= 0.3 is 0 Å². The highest BCUT2D eigenvalue weighted by Gasteiger charge is 2.34. The Kier molecular flexibility index (Phi) is 3.08. The van der Waals surface area contributed by atoms with Crippen molar-refractivity contribution < 1.29 is 0 Å². The number of fused-ring (bicyclic) bond motifs is 1. The third kappa shape index (κ3) is 2.15. The lowest BCUT2D eigenvalue weighted by Gasteiger charge is -2.34. The maximum absolute atomic E-state index is 6.56. The van der Waals surface area contributed by atoms with E-state index in [1.807, 2.05) is 18.2 Å². The van der Waals surface area contributed by atoms with E-state index in [2.05, 4.69) is 6.92 Å². The van der Waals surface area contributed by atoms with Gasteiger partial charge in [0.2, 0.25) is 0 Å². The average molecular weight is 281 g/mol. The number of aromatic nitrogens is 1. The van der Waals surface area contributed by atoms with Crippen molar-refractivity contribution >= 4 is 33.2 Å². The Morgan fingerprint density at radius 1 is 1.39 bits per heavy atom. The summed E-state index contributed by atoms with van der Waals surface area (Å²) in [7, 11) is 0. The fourth-order valence-electron chi connectivity index (χ4n) is 2.60. The van der Waals surface area contributed by atoms with Gasteiger partial charge in [-0.2, -0.15) is 0 Å². The number of hydrogen-bond donors (Lipinski definition) is 1. The number of thiazole rings is 1. The van der Waals surface area contributed by atoms with Gasteiger partial charge in [0.15, 0.2) is 0 Å². The van der Waals surface area contributed by atoms with Gasteiger partial charge in [0.25, 0.3) is 0 Å². The first-order chi connectivity index (χ1) is 8.57. The summed E-state index contributed by atoms with van der Waals surface area (Å²) in [6.07, 6.45) is 4.49. The Morgan fingerprint density at radius 2 is 2.11 bits per heavy atom. The molecule has 0 spiro atoms. The molecule has 96 valence electrons. The number of hydrogen-bond acceptors (Lipinski definition) is 3. The summed E-state index contributed by atoms with van der Waals surface area (Å²) >= 11 is 7.72. The van der Waals surface area contributed by atoms with Crippen LogP contribution in [0.4, 0.5) is 0 Å². The van der Waals surface area contributed by atoms with Gasteiger partial charge in [-0.15, -0.1) is 11.3 Å². The van der Waals surface area contributed by atoms with Gasteiger partial charge in [-0.25, -0.2) is 4.98 Å². The summed E-state index contributed by atoms with van der Waals surface area (Å²) < 4.78 is 1.18. The van der Waals surface area contributed by atoms with Crippen LogP contribution in [0.5, 0.6) is 0 Å². The van der Waals surface area contributed by atoms with Crippen LogP contribution in [0.1, 0.15) is 37.6 Å². The van der Waals surface area contributed by atoms with E-state index in [-0.39, 0.29) is 5.54 Å². The molecule has 0 radical (unpaired) electrons. The van der Waals surface area contributed by atoms with Gasteiger partial charge in [0.05, 0.1) is 15.8 Å². The maximum atomic E-state index is 6.56. The lowest BCUT2D eigenvalue weighted by atomic mass is 9.78. The van der Waals surface area contributed by atoms with Crippen LogP contribution in [0.25, 0.3) is 10.2 Å². The first-order valence-electron chi connectivity index (χ1n) is 6.42. The first kappa shape index (κ1) is 12.4. The molecule has 3 rings (SSSR count). The smallest absolute Gasteiger partial charge is 0.114 e. The number of nitrogens with zero attached hydrogens (tertiary/aromatic N) is 1. The molecule has 0 unspecified atom stereocenters. The zero-order valence-corrected chi connectivity index (χ0v) is 12.0. The lowest BCUT2D eigenvalue weighted by molar-refractivity contribution is 0.247. The zero-order chi connectivity index (χ0) is 12.8. The maximum Gasteiger partial charge on any atom is 0.114 e. The van der Waals surface area contributed by atoms with Crippen LogP contribution in [0.3, 0.4) is 0 Å². The van der Waals surface area contributed by atoms with E-state index in [0.717, 1.165) is 34.3 Å². The summed E-state index contributed by atoms with van der Waals surface area (Å²) in [5, 5.41) is 1.81. The predicted molar refractivity (Wildman–Crippen MR) is 78.1 cm³/mol. The SMILES string of the molecule is CC1CCC(N)(c2nc3cc(Cl)ccc3s2)CC1. The standard InChI is InChI=1S/C14H17ClN2S/c1-9-4-6-14(16,7-5-9)13-17-11-8-10(15)2-3-12(11)18-13/h2-3,8-9H,4-7,16H2,1H3. The fourth-order valence-corrected chi connectivity index (χ4v) is 3.88. The molecule has 0 saturated heterocycles. The van der Waals surface area contributed by atoms with Crippen LogP contribution in [0, 0.1) is 5.92 Å². The lowest BCUT2D eigenvalue weighted by Crippen LogP contribution is -2.40. The molecule has 4 heteroatoms. The van der Waals surface area contributed by atoms with Crippen LogP contribution >= 0.6 is 22.9 Å². The number of nitrogens with two attached hydrogens (primary N) is 1. The van der Waals surface area contributed by atoms with E-state index in [1.165, 1.54) is 17.5 Å². The second-order valence-corrected chi connectivity index (χ2v) is 6.94. The van der Waals surface area contributed by atoms with E-state index < -0.39 is 0 Å². The van der Waals surface area contributed by atoms with E-state index in [9.17, 15) is 0 Å². The number of rotatable bonds is 1. The van der Waals surface area contributed by atoms with E-state index in [4.69, 9.17) is 22.3 Å². The fraction of sp³-hybridized carbons (Fsp3) is 0.500. The number of benzene rings is 1. The second kappa shape index (κ2) is 4.48. The monoisotopic (exact) mass is 280 g/mol. The van der Waals surface area contributed by atoms with Crippen LogP contribution in [-0.4, -0.2) is 4.98 Å². The Balaban J connectivity index is 1.98. The largest absolute Gasteiger partial charge is 0.319 e. The molecule has 0 aliphatic heterocycles. The van der Waals surface area contributed by atoms with Crippen molar-refractivity contribution in [2.45, 2.75) is 38.1 Å². The molecule has 2 nitrogen and oxygen atoms in total. The van der Waals surface area contributed by atoms with Crippen LogP contribution in [0.15, 0.2) is 18.2 Å². The quantitative estimate of drug-likeness (QED) is 0.845. The molecular formula is C14H17ClN2S. The van der Waals surface area contributed by atoms with Crippen molar-refractivity contribution in [2.75, 3.05) is 0 Å². The van der Waals surface area contributed by atoms with Gasteiger partial charge in [0.1, 0.15) is 5.01 Å². The molecule has 18 heavy (non-hydrogen) atoms. The second-order valence-electron chi connectivity index (χ2n) is 5.47. The Morgan fingerprint density at radius 3 is 2.83 bits per heavy atom. The van der Waals surface area contributed by atoms with Gasteiger partial charge in [-0.1, -0.05) is 18.5 Å². The van der Waals surface area contributed by atoms with Gasteiger partial charge in [0, 0.05) is 5.02 Å². The minimum Gasteiger partial charge on any atom is -0.319 e. The van der Waals surface area contributed by atoms with E-state index in [1.54, 1.807) is 11.3 Å². The highest BCUT2D eigenvalue weighted by atomic mass is 35.5. The molecule has 1 aliphatic carbocycles. The van der Waals surface area contributed by atoms with Crippen LogP contribution in [-0.2, 0) is 5.54 Å². The topological polar surface area (TPSA) is 38.9 Å². The number of halogens is 1. The Bertz CT molecular complexity index is 570. The Labute approximate surface area is 116 Å². The molecule has 1 saturated carbocycles. The normalized spacial score (nSPS) is 28.7. The van der Waals surface area contributed by atoms with E-state index >= 15 is 0 Å². The molecule has 1 fully saturated rings. The molecule has 0 atom stereocenters. The molecule has 1 aromatic heterocycles. The van der Waals surface area contributed by atoms with Crippen molar-refractivity contribution in [3.8, 4) is 0 Å². The third-order valence-corrected chi connectivity index (χ3v) is 5.43. The summed E-state index contributed by atoms with van der Waals surface area (Å²) in [5.74, 6) is 0.797. The summed E-state index contributed by atoms with van der Waals surface area (Å²) in [6, 6.07) is 5.87. The minimum atomic E-state index is -0.220. The van der Waals surface area contributed by atoms with E-state index in [0.29, 0.717) is 0 Å². The molecule has 0 bridgehead atoms. The highest BCUT2D eigenvalue weighted by Crippen LogP contribution is 2.40. The third-order valence-electron chi connectivity index (χ3n) is 3.94. The first-order valence-corrected chi connectivity index (χ1v) is 7.62. The molecule has 1 aliphatic rings. The van der Waals surface area contributed by atoms with Crippen molar-refractivity contribution in [3.63, 3.8) is 0 Å². The van der Waals surface area contributed by atoms with Crippen molar-refractivity contribution in [2.24, 2.45) is 11.7 Å². The zero-order valence-electron chi connectivity index (χ0n) is 10.4. The van der Waals surface area contributed by atoms with Gasteiger partial charge in [-0.3, -0.25) is 0 Å². The molecule has 1 heterocycles. The average Bonchev–Trinajstić information content (AvgIpc) is 2.77. The highest BCUT2D eigenvalue weighted by molar-refractivity contribution is 7.18. The van der Waals surface area contributed by atoms with Gasteiger partial charge < -0.3 is 5.73 Å². The molecule has 2 N–H and O–H groups in total. The van der Waals surface area contributed by atoms with Gasteiger partial charge in [-0.05, 0) is 49.8 Å². The van der Waals surface area contributed by atoms with Crippen molar-refractivity contribution in [1.82, 2.24) is 4.98 Å². The van der Waals surface area contributed by atoms with Crippen LogP contribution in [0.2, 0.25) is 5.02 Å². The van der Waals surface area contributed by atoms with Crippen molar-refractivity contribution in [1.29, 1.82) is 0 Å². The molecule has 1 aromatic carbocycles. The molecular weight excluding hydrogens is 264 g/mol. The molecule has 0 amide bonds. The minimum absolute atomic E-state index is 0.220. The Hall–Kier alpha value is -0.640. The van der Waals surface area contributed by atoms with Crippen molar-refractivity contribution in [3.05, 3.63) is 28.2 Å². The predicted octanol–water partition coefficient (Wildman–Crippen LogP) is 4.31.